The average molecular weight is 408 g/mol. The fourth-order valence-corrected chi connectivity index (χ4v) is 4.15. The zero-order valence-corrected chi connectivity index (χ0v) is 17.1. The number of hydrogen-bond acceptors (Lipinski definition) is 5. The van der Waals surface area contributed by atoms with Crippen molar-refractivity contribution < 1.29 is 13.2 Å². The SMILES string of the molecule is COc1ccc(-c2cn3cccnc3n2)cc1NS(=O)(=O)c1ccc(C)c(C)c1. The van der Waals surface area contributed by atoms with E-state index in [0.717, 1.165) is 16.7 Å². The second-order valence-corrected chi connectivity index (χ2v) is 8.40. The third kappa shape index (κ3) is 3.66. The zero-order chi connectivity index (χ0) is 20.6. The summed E-state index contributed by atoms with van der Waals surface area (Å²) in [6.45, 7) is 3.82. The number of rotatable bonds is 5. The molecule has 0 saturated heterocycles. The number of aryl methyl sites for hydroxylation is 2. The molecular weight excluding hydrogens is 388 g/mol. The maximum Gasteiger partial charge on any atom is 0.262 e. The molecule has 2 aromatic carbocycles. The number of anilines is 1. The first-order chi connectivity index (χ1) is 13.9. The Morgan fingerprint density at radius 2 is 1.90 bits per heavy atom. The molecule has 0 amide bonds. The van der Waals surface area contributed by atoms with Gasteiger partial charge in [0.1, 0.15) is 5.75 Å². The van der Waals surface area contributed by atoms with Crippen molar-refractivity contribution >= 4 is 21.5 Å². The minimum Gasteiger partial charge on any atom is -0.495 e. The highest BCUT2D eigenvalue weighted by Crippen LogP contribution is 2.32. The van der Waals surface area contributed by atoms with Crippen molar-refractivity contribution in [3.8, 4) is 17.0 Å². The van der Waals surface area contributed by atoms with E-state index in [1.807, 2.05) is 38.4 Å². The van der Waals surface area contributed by atoms with E-state index in [1.54, 1.807) is 40.9 Å². The lowest BCUT2D eigenvalue weighted by Gasteiger charge is -2.14. The predicted octanol–water partition coefficient (Wildman–Crippen LogP) is 3.82. The van der Waals surface area contributed by atoms with Gasteiger partial charge in [-0.3, -0.25) is 9.12 Å². The highest BCUT2D eigenvalue weighted by molar-refractivity contribution is 7.92. The van der Waals surface area contributed by atoms with Crippen LogP contribution >= 0.6 is 0 Å². The van der Waals surface area contributed by atoms with Crippen LogP contribution in [0.25, 0.3) is 17.0 Å². The van der Waals surface area contributed by atoms with E-state index in [9.17, 15) is 8.42 Å². The molecule has 0 aliphatic rings. The standard InChI is InChI=1S/C21H20N4O3S/c1-14-5-7-17(11-15(14)2)29(26,27)24-18-12-16(6-8-20(18)28-3)19-13-25-10-4-9-22-21(25)23-19/h4-13,24H,1-3H3. The number of ether oxygens (including phenoxy) is 1. The van der Waals surface area contributed by atoms with Gasteiger partial charge in [0.05, 0.1) is 23.4 Å². The Morgan fingerprint density at radius 3 is 2.62 bits per heavy atom. The van der Waals surface area contributed by atoms with Crippen molar-refractivity contribution in [2.45, 2.75) is 18.7 Å². The van der Waals surface area contributed by atoms with Gasteiger partial charge in [0, 0.05) is 24.2 Å². The second kappa shape index (κ2) is 7.21. The zero-order valence-electron chi connectivity index (χ0n) is 16.2. The Kier molecular flexibility index (Phi) is 4.71. The van der Waals surface area contributed by atoms with Crippen LogP contribution in [0.2, 0.25) is 0 Å². The fraction of sp³-hybridized carbons (Fsp3) is 0.143. The molecule has 2 heterocycles. The molecule has 0 aliphatic carbocycles. The van der Waals surface area contributed by atoms with Crippen LogP contribution in [0.15, 0.2) is 66.0 Å². The monoisotopic (exact) mass is 408 g/mol. The van der Waals surface area contributed by atoms with Gasteiger partial charge in [-0.1, -0.05) is 6.07 Å². The highest BCUT2D eigenvalue weighted by Gasteiger charge is 2.18. The van der Waals surface area contributed by atoms with Gasteiger partial charge in [-0.25, -0.2) is 18.4 Å². The first-order valence-corrected chi connectivity index (χ1v) is 10.4. The number of benzene rings is 2. The third-order valence-corrected chi connectivity index (χ3v) is 6.13. The van der Waals surface area contributed by atoms with Gasteiger partial charge >= 0.3 is 0 Å². The van der Waals surface area contributed by atoms with Gasteiger partial charge in [0.25, 0.3) is 10.0 Å². The van der Waals surface area contributed by atoms with E-state index in [0.29, 0.717) is 22.9 Å². The van der Waals surface area contributed by atoms with Crippen molar-refractivity contribution in [3.05, 3.63) is 72.2 Å². The molecule has 0 fully saturated rings. The largest absolute Gasteiger partial charge is 0.495 e. The first kappa shape index (κ1) is 18.9. The summed E-state index contributed by atoms with van der Waals surface area (Å²) in [6, 6.07) is 12.1. The van der Waals surface area contributed by atoms with Crippen LogP contribution in [0.1, 0.15) is 11.1 Å². The second-order valence-electron chi connectivity index (χ2n) is 6.72. The molecule has 0 radical (unpaired) electrons. The van der Waals surface area contributed by atoms with E-state index in [1.165, 1.54) is 7.11 Å². The molecule has 29 heavy (non-hydrogen) atoms. The number of sulfonamides is 1. The molecule has 0 saturated carbocycles. The van der Waals surface area contributed by atoms with E-state index in [4.69, 9.17) is 4.74 Å². The highest BCUT2D eigenvalue weighted by atomic mass is 32.2. The van der Waals surface area contributed by atoms with Gasteiger partial charge in [0.15, 0.2) is 0 Å². The van der Waals surface area contributed by atoms with Crippen LogP contribution in [0.3, 0.4) is 0 Å². The summed E-state index contributed by atoms with van der Waals surface area (Å²) >= 11 is 0. The van der Waals surface area contributed by atoms with Gasteiger partial charge < -0.3 is 4.74 Å². The molecule has 0 bridgehead atoms. The van der Waals surface area contributed by atoms with Gasteiger partial charge in [-0.05, 0) is 61.4 Å². The minimum absolute atomic E-state index is 0.199. The molecule has 1 N–H and O–H groups in total. The molecule has 7 nitrogen and oxygen atoms in total. The lowest BCUT2D eigenvalue weighted by Crippen LogP contribution is -2.14. The number of imidazole rings is 1. The van der Waals surface area contributed by atoms with Crippen molar-refractivity contribution in [3.63, 3.8) is 0 Å². The van der Waals surface area contributed by atoms with Crippen LogP contribution in [0, 0.1) is 13.8 Å². The quantitative estimate of drug-likeness (QED) is 0.543. The van der Waals surface area contributed by atoms with Gasteiger partial charge in [-0.15, -0.1) is 0 Å². The van der Waals surface area contributed by atoms with Crippen molar-refractivity contribution in [1.82, 2.24) is 14.4 Å². The Morgan fingerprint density at radius 1 is 1.07 bits per heavy atom. The Balaban J connectivity index is 1.74. The number of nitrogens with one attached hydrogen (secondary N) is 1. The summed E-state index contributed by atoms with van der Waals surface area (Å²) in [7, 11) is -2.28. The van der Waals surface area contributed by atoms with E-state index < -0.39 is 10.0 Å². The molecule has 4 rings (SSSR count). The molecular formula is C21H20N4O3S. The summed E-state index contributed by atoms with van der Waals surface area (Å²) in [5.74, 6) is 0.985. The van der Waals surface area contributed by atoms with Gasteiger partial charge in [0.2, 0.25) is 5.78 Å². The third-order valence-electron chi connectivity index (χ3n) is 4.76. The molecule has 0 aliphatic heterocycles. The smallest absolute Gasteiger partial charge is 0.262 e. The van der Waals surface area contributed by atoms with Crippen LogP contribution in [0.5, 0.6) is 5.75 Å². The molecule has 0 unspecified atom stereocenters. The number of hydrogen-bond donors (Lipinski definition) is 1. The number of aromatic nitrogens is 3. The summed E-state index contributed by atoms with van der Waals surface area (Å²) in [5.41, 5.74) is 3.70. The van der Waals surface area contributed by atoms with Crippen molar-refractivity contribution in [1.29, 1.82) is 0 Å². The minimum atomic E-state index is -3.78. The Hall–Kier alpha value is -3.39. The topological polar surface area (TPSA) is 85.6 Å². The molecule has 8 heteroatoms. The lowest BCUT2D eigenvalue weighted by atomic mass is 10.1. The lowest BCUT2D eigenvalue weighted by molar-refractivity contribution is 0.417. The summed E-state index contributed by atoms with van der Waals surface area (Å²) < 4.78 is 35.7. The molecule has 0 atom stereocenters. The molecule has 148 valence electrons. The summed E-state index contributed by atoms with van der Waals surface area (Å²) in [6.07, 6.45) is 5.36. The normalized spacial score (nSPS) is 11.6. The van der Waals surface area contributed by atoms with Crippen molar-refractivity contribution in [2.24, 2.45) is 0 Å². The number of methoxy groups -OCH3 is 1. The van der Waals surface area contributed by atoms with Crippen LogP contribution in [-0.2, 0) is 10.0 Å². The molecule has 4 aromatic rings. The van der Waals surface area contributed by atoms with E-state index >= 15 is 0 Å². The Bertz CT molecular complexity index is 1280. The summed E-state index contributed by atoms with van der Waals surface area (Å²) in [4.78, 5) is 8.90. The maximum absolute atomic E-state index is 12.9. The molecule has 2 aromatic heterocycles. The van der Waals surface area contributed by atoms with E-state index in [2.05, 4.69) is 14.7 Å². The van der Waals surface area contributed by atoms with Crippen molar-refractivity contribution in [2.75, 3.05) is 11.8 Å². The predicted molar refractivity (Wildman–Crippen MR) is 112 cm³/mol. The Labute approximate surface area is 169 Å². The average Bonchev–Trinajstić information content (AvgIpc) is 3.14. The van der Waals surface area contributed by atoms with Gasteiger partial charge in [-0.2, -0.15) is 0 Å². The van der Waals surface area contributed by atoms with Crippen LogP contribution < -0.4 is 9.46 Å². The number of nitrogens with zero attached hydrogens (tertiary/aromatic N) is 3. The fourth-order valence-electron chi connectivity index (χ4n) is 3.00. The maximum atomic E-state index is 12.9. The molecule has 0 spiro atoms. The summed E-state index contributed by atoms with van der Waals surface area (Å²) in [5, 5.41) is 0. The van der Waals surface area contributed by atoms with E-state index in [-0.39, 0.29) is 4.90 Å². The van der Waals surface area contributed by atoms with Crippen LogP contribution in [0.4, 0.5) is 5.69 Å². The first-order valence-electron chi connectivity index (χ1n) is 8.95. The van der Waals surface area contributed by atoms with Crippen LogP contribution in [-0.4, -0.2) is 29.9 Å². The number of fused-ring (bicyclic) bond motifs is 1.